The van der Waals surface area contributed by atoms with Gasteiger partial charge in [0.2, 0.25) is 0 Å². The van der Waals surface area contributed by atoms with Gasteiger partial charge in [-0.25, -0.2) is 0 Å². The minimum atomic E-state index is 0. The first kappa shape index (κ1) is 30.4. The third-order valence-electron chi connectivity index (χ3n) is 8.02. The molecule has 0 amide bonds. The van der Waals surface area contributed by atoms with Crippen molar-refractivity contribution in [2.45, 2.75) is 31.8 Å². The largest absolute Gasteiger partial charge is 0.497 e. The van der Waals surface area contributed by atoms with Crippen molar-refractivity contribution in [1.82, 2.24) is 15.1 Å². The van der Waals surface area contributed by atoms with E-state index in [4.69, 9.17) is 9.47 Å². The van der Waals surface area contributed by atoms with E-state index in [0.717, 1.165) is 65.3 Å². The van der Waals surface area contributed by atoms with Gasteiger partial charge in [0.15, 0.2) is 5.82 Å². The lowest BCUT2D eigenvalue weighted by Crippen LogP contribution is -2.40. The van der Waals surface area contributed by atoms with Crippen molar-refractivity contribution in [2.24, 2.45) is 0 Å². The number of hydrogen-bond acceptors (Lipinski definition) is 6. The molecule has 0 radical (unpaired) electrons. The van der Waals surface area contributed by atoms with Crippen LogP contribution in [0.5, 0.6) is 11.5 Å². The molecule has 6 nitrogen and oxygen atoms in total. The third-order valence-corrected chi connectivity index (χ3v) is 8.02. The fourth-order valence-electron chi connectivity index (χ4n) is 5.63. The molecule has 1 saturated heterocycles. The molecule has 6 rings (SSSR count). The molecule has 1 atom stereocenters. The molecule has 0 aliphatic carbocycles. The van der Waals surface area contributed by atoms with Crippen molar-refractivity contribution in [2.75, 3.05) is 32.6 Å². The van der Waals surface area contributed by atoms with Crippen molar-refractivity contribution in [3.05, 3.63) is 90.5 Å². The first-order valence-electron chi connectivity index (χ1n) is 13.6. The van der Waals surface area contributed by atoms with Crippen molar-refractivity contribution in [3.8, 4) is 22.8 Å². The highest BCUT2D eigenvalue weighted by atomic mass is 35.5. The Kier molecular flexibility index (Phi) is 9.92. The molecule has 1 aliphatic heterocycles. The third kappa shape index (κ3) is 6.35. The number of aromatic nitrogens is 2. The van der Waals surface area contributed by atoms with Gasteiger partial charge in [-0.1, -0.05) is 36.4 Å². The van der Waals surface area contributed by atoms with E-state index in [-0.39, 0.29) is 24.8 Å². The van der Waals surface area contributed by atoms with Gasteiger partial charge in [-0.05, 0) is 84.6 Å². The summed E-state index contributed by atoms with van der Waals surface area (Å²) in [7, 11) is 3.37. The Morgan fingerprint density at radius 1 is 0.756 bits per heavy atom. The Morgan fingerprint density at radius 2 is 1.44 bits per heavy atom. The number of methoxy groups -OCH3 is 2. The van der Waals surface area contributed by atoms with Gasteiger partial charge in [-0.15, -0.1) is 35.0 Å². The zero-order valence-electron chi connectivity index (χ0n) is 23.5. The van der Waals surface area contributed by atoms with Crippen molar-refractivity contribution < 1.29 is 9.47 Å². The molecule has 1 fully saturated rings. The van der Waals surface area contributed by atoms with Crippen LogP contribution in [0.4, 0.5) is 5.82 Å². The molecule has 41 heavy (non-hydrogen) atoms. The topological polar surface area (TPSA) is 59.5 Å². The number of anilines is 1. The Morgan fingerprint density at radius 3 is 2.15 bits per heavy atom. The summed E-state index contributed by atoms with van der Waals surface area (Å²) in [6, 6.07) is 30.2. The van der Waals surface area contributed by atoms with Crippen LogP contribution < -0.4 is 14.8 Å². The highest BCUT2D eigenvalue weighted by Crippen LogP contribution is 2.34. The quantitative estimate of drug-likeness (QED) is 0.207. The van der Waals surface area contributed by atoms with Gasteiger partial charge >= 0.3 is 0 Å². The molecular weight excluding hydrogens is 555 g/mol. The van der Waals surface area contributed by atoms with Gasteiger partial charge in [-0.3, -0.25) is 4.90 Å². The number of nitrogens with one attached hydrogen (secondary N) is 1. The van der Waals surface area contributed by atoms with E-state index in [9.17, 15) is 0 Å². The summed E-state index contributed by atoms with van der Waals surface area (Å²) in [5, 5.41) is 17.7. The maximum absolute atomic E-state index is 5.55. The fraction of sp³-hybridized carbons (Fsp3) is 0.273. The molecule has 1 unspecified atom stereocenters. The summed E-state index contributed by atoms with van der Waals surface area (Å²) >= 11 is 0. The molecule has 1 aromatic heterocycles. The van der Waals surface area contributed by atoms with Gasteiger partial charge in [0, 0.05) is 41.5 Å². The SMILES string of the molecule is COc1ccc(-c2nnc(NC3CCN(C(C)c4ccc5ccccc5c4)CC3)c3cc(OC)ccc23)cc1.Cl.Cl. The van der Waals surface area contributed by atoms with Crippen molar-refractivity contribution in [3.63, 3.8) is 0 Å². The number of nitrogens with zero attached hydrogens (tertiary/aromatic N) is 3. The minimum Gasteiger partial charge on any atom is -0.497 e. The lowest BCUT2D eigenvalue weighted by molar-refractivity contribution is 0.167. The molecule has 8 heteroatoms. The highest BCUT2D eigenvalue weighted by Gasteiger charge is 2.25. The van der Waals surface area contributed by atoms with Crippen LogP contribution in [0, 0.1) is 0 Å². The molecule has 5 aromatic rings. The number of likely N-dealkylation sites (tertiary alicyclic amines) is 1. The van der Waals surface area contributed by atoms with Gasteiger partial charge in [0.1, 0.15) is 17.2 Å². The number of fused-ring (bicyclic) bond motifs is 2. The fourth-order valence-corrected chi connectivity index (χ4v) is 5.63. The van der Waals surface area contributed by atoms with Gasteiger partial charge in [-0.2, -0.15) is 0 Å². The average molecular weight is 592 g/mol. The normalized spacial score (nSPS) is 14.6. The zero-order chi connectivity index (χ0) is 26.8. The monoisotopic (exact) mass is 590 g/mol. The first-order valence-corrected chi connectivity index (χ1v) is 13.6. The number of piperidine rings is 1. The van der Waals surface area contributed by atoms with E-state index >= 15 is 0 Å². The maximum Gasteiger partial charge on any atom is 0.156 e. The number of halogens is 2. The molecule has 0 saturated carbocycles. The molecule has 214 valence electrons. The molecule has 0 bridgehead atoms. The number of hydrogen-bond donors (Lipinski definition) is 1. The average Bonchev–Trinajstić information content (AvgIpc) is 3.01. The van der Waals surface area contributed by atoms with Gasteiger partial charge < -0.3 is 14.8 Å². The van der Waals surface area contributed by atoms with Crippen LogP contribution in [0.2, 0.25) is 0 Å². The second kappa shape index (κ2) is 13.4. The van der Waals surface area contributed by atoms with E-state index in [2.05, 4.69) is 81.9 Å². The summed E-state index contributed by atoms with van der Waals surface area (Å²) in [4.78, 5) is 2.59. The first-order chi connectivity index (χ1) is 19.1. The molecule has 4 aromatic carbocycles. The Bertz CT molecular complexity index is 1610. The van der Waals surface area contributed by atoms with Crippen LogP contribution in [0.1, 0.15) is 31.4 Å². The van der Waals surface area contributed by atoms with Gasteiger partial charge in [0.05, 0.1) is 14.2 Å². The molecule has 1 aliphatic rings. The molecule has 0 spiro atoms. The number of rotatable bonds is 7. The van der Waals surface area contributed by atoms with Crippen LogP contribution in [0.3, 0.4) is 0 Å². The lowest BCUT2D eigenvalue weighted by Gasteiger charge is -2.36. The summed E-state index contributed by atoms with van der Waals surface area (Å²) in [5.74, 6) is 2.43. The predicted octanol–water partition coefficient (Wildman–Crippen LogP) is 7.95. The smallest absolute Gasteiger partial charge is 0.156 e. The van der Waals surface area contributed by atoms with E-state index in [1.807, 2.05) is 30.3 Å². The van der Waals surface area contributed by atoms with E-state index in [1.165, 1.54) is 16.3 Å². The summed E-state index contributed by atoms with van der Waals surface area (Å²) in [5.41, 5.74) is 3.22. The Hall–Kier alpha value is -3.58. The molecule has 1 N–H and O–H groups in total. The highest BCUT2D eigenvalue weighted by molar-refractivity contribution is 6.00. The minimum absolute atomic E-state index is 0. The summed E-state index contributed by atoms with van der Waals surface area (Å²) < 4.78 is 10.9. The Balaban J connectivity index is 0.00000194. The van der Waals surface area contributed by atoms with Crippen molar-refractivity contribution >= 4 is 52.2 Å². The van der Waals surface area contributed by atoms with E-state index in [1.54, 1.807) is 14.2 Å². The molecular formula is C33H36Cl2N4O2. The lowest BCUT2D eigenvalue weighted by atomic mass is 9.98. The summed E-state index contributed by atoms with van der Waals surface area (Å²) in [6.07, 6.45) is 2.09. The standard InChI is InChI=1S/C33H34N4O2.2ClH/c1-22(25-9-8-23-6-4-5-7-26(23)20-25)37-18-16-27(17-19-37)34-33-31-21-29(39-3)14-15-30(31)32(35-36-33)24-10-12-28(38-2)13-11-24;;/h4-15,20-22,27H,16-19H2,1-3H3,(H,34,36);2*1H. The van der Waals surface area contributed by atoms with Crippen molar-refractivity contribution in [1.29, 1.82) is 0 Å². The van der Waals surface area contributed by atoms with E-state index < -0.39 is 0 Å². The van der Waals surface area contributed by atoms with Crippen LogP contribution in [-0.4, -0.2) is 48.4 Å². The number of benzene rings is 4. The zero-order valence-corrected chi connectivity index (χ0v) is 25.2. The van der Waals surface area contributed by atoms with Crippen LogP contribution in [0.15, 0.2) is 84.9 Å². The predicted molar refractivity (Wildman–Crippen MR) is 173 cm³/mol. The second-order valence-corrected chi connectivity index (χ2v) is 10.3. The Labute approximate surface area is 253 Å². The van der Waals surface area contributed by atoms with Gasteiger partial charge in [0.25, 0.3) is 0 Å². The maximum atomic E-state index is 5.55. The summed E-state index contributed by atoms with van der Waals surface area (Å²) in [6.45, 7) is 4.38. The van der Waals surface area contributed by atoms with Crippen LogP contribution in [0.25, 0.3) is 32.8 Å². The van der Waals surface area contributed by atoms with Crippen LogP contribution in [-0.2, 0) is 0 Å². The number of ether oxygens (including phenoxy) is 2. The van der Waals surface area contributed by atoms with Crippen LogP contribution >= 0.6 is 24.8 Å². The molecule has 2 heterocycles. The second-order valence-electron chi connectivity index (χ2n) is 10.3. The van der Waals surface area contributed by atoms with E-state index in [0.29, 0.717) is 12.1 Å².